The summed E-state index contributed by atoms with van der Waals surface area (Å²) in [6.45, 7) is 0. The van der Waals surface area contributed by atoms with Crippen LogP contribution >= 0.6 is 11.8 Å². The highest BCUT2D eigenvalue weighted by molar-refractivity contribution is 7.98. The van der Waals surface area contributed by atoms with Crippen molar-refractivity contribution in [1.29, 1.82) is 0 Å². The van der Waals surface area contributed by atoms with E-state index in [4.69, 9.17) is 0 Å². The van der Waals surface area contributed by atoms with E-state index in [9.17, 15) is 0 Å². The average molecular weight is 219 g/mol. The summed E-state index contributed by atoms with van der Waals surface area (Å²) in [5.41, 5.74) is 0. The monoisotopic (exact) mass is 219 g/mol. The Morgan fingerprint density at radius 1 is 1.27 bits per heavy atom. The van der Waals surface area contributed by atoms with Crippen LogP contribution < -0.4 is 5.32 Å². The molecule has 2 heterocycles. The van der Waals surface area contributed by atoms with Crippen LogP contribution in [-0.4, -0.2) is 26.4 Å². The second kappa shape index (κ2) is 4.70. The molecule has 0 amide bonds. The van der Waals surface area contributed by atoms with E-state index in [2.05, 4.69) is 25.5 Å². The lowest BCUT2D eigenvalue weighted by Gasteiger charge is -2.03. The summed E-state index contributed by atoms with van der Waals surface area (Å²) in [5, 5.41) is 11.3. The van der Waals surface area contributed by atoms with Gasteiger partial charge in [0.15, 0.2) is 5.82 Å². The first-order valence-corrected chi connectivity index (χ1v) is 5.53. The van der Waals surface area contributed by atoms with E-state index >= 15 is 0 Å². The number of rotatable bonds is 3. The SMILES string of the molecule is CSc1nncc(Nc2ccccn2)n1. The van der Waals surface area contributed by atoms with Gasteiger partial charge in [0, 0.05) is 6.20 Å². The van der Waals surface area contributed by atoms with Gasteiger partial charge >= 0.3 is 0 Å². The quantitative estimate of drug-likeness (QED) is 0.793. The van der Waals surface area contributed by atoms with Gasteiger partial charge in [-0.3, -0.25) is 0 Å². The number of hydrogen-bond donors (Lipinski definition) is 1. The lowest BCUT2D eigenvalue weighted by atomic mass is 10.4. The molecule has 5 nitrogen and oxygen atoms in total. The van der Waals surface area contributed by atoms with Gasteiger partial charge in [0.2, 0.25) is 5.16 Å². The number of hydrogen-bond acceptors (Lipinski definition) is 6. The Morgan fingerprint density at radius 3 is 2.93 bits per heavy atom. The van der Waals surface area contributed by atoms with Gasteiger partial charge in [0.1, 0.15) is 5.82 Å². The van der Waals surface area contributed by atoms with Crippen molar-refractivity contribution in [3.63, 3.8) is 0 Å². The van der Waals surface area contributed by atoms with Crippen molar-refractivity contribution in [2.45, 2.75) is 5.16 Å². The van der Waals surface area contributed by atoms with E-state index in [0.717, 1.165) is 5.82 Å². The van der Waals surface area contributed by atoms with Gasteiger partial charge in [-0.25, -0.2) is 9.97 Å². The molecular weight excluding hydrogens is 210 g/mol. The standard InChI is InChI=1S/C9H9N5S/c1-15-9-13-8(6-11-14-9)12-7-4-2-3-5-10-7/h2-6H,1H3,(H,10,12,13,14). The lowest BCUT2D eigenvalue weighted by molar-refractivity contribution is 0.845. The van der Waals surface area contributed by atoms with Crippen molar-refractivity contribution < 1.29 is 0 Å². The molecule has 2 rings (SSSR count). The molecule has 0 atom stereocenters. The van der Waals surface area contributed by atoms with Crippen LogP contribution in [0, 0.1) is 0 Å². The van der Waals surface area contributed by atoms with E-state index in [1.165, 1.54) is 11.8 Å². The zero-order valence-corrected chi connectivity index (χ0v) is 8.90. The smallest absolute Gasteiger partial charge is 0.210 e. The Labute approximate surface area is 91.4 Å². The zero-order chi connectivity index (χ0) is 10.5. The van der Waals surface area contributed by atoms with E-state index in [0.29, 0.717) is 11.0 Å². The minimum Gasteiger partial charge on any atom is -0.324 e. The van der Waals surface area contributed by atoms with Crippen molar-refractivity contribution in [3.05, 3.63) is 30.6 Å². The molecule has 0 unspecified atom stereocenters. The van der Waals surface area contributed by atoms with E-state index < -0.39 is 0 Å². The van der Waals surface area contributed by atoms with E-state index in [-0.39, 0.29) is 0 Å². The Hall–Kier alpha value is -1.69. The molecule has 76 valence electrons. The van der Waals surface area contributed by atoms with Crippen LogP contribution in [0.15, 0.2) is 35.7 Å². The fourth-order valence-electron chi connectivity index (χ4n) is 1.00. The minimum absolute atomic E-state index is 0.635. The first-order chi connectivity index (χ1) is 7.38. The first kappa shape index (κ1) is 9.85. The highest BCUT2D eigenvalue weighted by atomic mass is 32.2. The molecule has 6 heteroatoms. The Kier molecular flexibility index (Phi) is 3.08. The molecule has 15 heavy (non-hydrogen) atoms. The highest BCUT2D eigenvalue weighted by Crippen LogP contribution is 2.12. The molecule has 0 saturated carbocycles. The van der Waals surface area contributed by atoms with Crippen LogP contribution in [0.5, 0.6) is 0 Å². The molecule has 0 radical (unpaired) electrons. The molecule has 0 aromatic carbocycles. The first-order valence-electron chi connectivity index (χ1n) is 4.30. The summed E-state index contributed by atoms with van der Waals surface area (Å²) in [6.07, 6.45) is 5.18. The molecule has 0 aliphatic rings. The fourth-order valence-corrected chi connectivity index (χ4v) is 1.32. The van der Waals surface area contributed by atoms with Gasteiger partial charge < -0.3 is 5.32 Å². The van der Waals surface area contributed by atoms with Crippen LogP contribution in [-0.2, 0) is 0 Å². The summed E-state index contributed by atoms with van der Waals surface area (Å²) >= 11 is 1.45. The molecule has 0 fully saturated rings. The maximum Gasteiger partial charge on any atom is 0.210 e. The third-order valence-corrected chi connectivity index (χ3v) is 2.18. The van der Waals surface area contributed by atoms with Gasteiger partial charge in [-0.15, -0.1) is 5.10 Å². The second-order valence-electron chi connectivity index (χ2n) is 2.67. The predicted molar refractivity (Wildman–Crippen MR) is 59.1 cm³/mol. The summed E-state index contributed by atoms with van der Waals surface area (Å²) in [4.78, 5) is 8.35. The van der Waals surface area contributed by atoms with Crippen molar-refractivity contribution >= 4 is 23.4 Å². The summed E-state index contributed by atoms with van der Waals surface area (Å²) in [6, 6.07) is 5.62. The molecular formula is C9H9N5S. The van der Waals surface area contributed by atoms with E-state index in [1.807, 2.05) is 24.5 Å². The van der Waals surface area contributed by atoms with E-state index in [1.54, 1.807) is 12.4 Å². The third-order valence-electron chi connectivity index (χ3n) is 1.64. The normalized spacial score (nSPS) is 9.93. The van der Waals surface area contributed by atoms with Crippen LogP contribution in [0.3, 0.4) is 0 Å². The third kappa shape index (κ3) is 2.63. The van der Waals surface area contributed by atoms with Crippen LogP contribution in [0.1, 0.15) is 0 Å². The number of anilines is 2. The highest BCUT2D eigenvalue weighted by Gasteiger charge is 1.99. The van der Waals surface area contributed by atoms with Crippen LogP contribution in [0.25, 0.3) is 0 Å². The molecule has 2 aromatic rings. The van der Waals surface area contributed by atoms with Gasteiger partial charge in [0.25, 0.3) is 0 Å². The van der Waals surface area contributed by atoms with Crippen LogP contribution in [0.4, 0.5) is 11.6 Å². The molecule has 2 aromatic heterocycles. The number of pyridine rings is 1. The van der Waals surface area contributed by atoms with Gasteiger partial charge in [-0.1, -0.05) is 17.8 Å². The lowest BCUT2D eigenvalue weighted by Crippen LogP contribution is -1.98. The van der Waals surface area contributed by atoms with Crippen LogP contribution in [0.2, 0.25) is 0 Å². The molecule has 0 aliphatic carbocycles. The number of nitrogens with one attached hydrogen (secondary N) is 1. The number of thioether (sulfide) groups is 1. The minimum atomic E-state index is 0.635. The largest absolute Gasteiger partial charge is 0.324 e. The number of nitrogens with zero attached hydrogens (tertiary/aromatic N) is 4. The Balaban J connectivity index is 2.17. The Morgan fingerprint density at radius 2 is 2.20 bits per heavy atom. The summed E-state index contributed by atoms with van der Waals surface area (Å²) in [5.74, 6) is 1.39. The molecule has 0 saturated heterocycles. The number of aromatic nitrogens is 4. The maximum atomic E-state index is 4.22. The maximum absolute atomic E-state index is 4.22. The van der Waals surface area contributed by atoms with Crippen molar-refractivity contribution in [3.8, 4) is 0 Å². The molecule has 0 bridgehead atoms. The molecule has 1 N–H and O–H groups in total. The summed E-state index contributed by atoms with van der Waals surface area (Å²) in [7, 11) is 0. The van der Waals surface area contributed by atoms with Crippen molar-refractivity contribution in [1.82, 2.24) is 20.2 Å². The Bertz CT molecular complexity index is 434. The van der Waals surface area contributed by atoms with Crippen molar-refractivity contribution in [2.75, 3.05) is 11.6 Å². The molecule has 0 spiro atoms. The second-order valence-corrected chi connectivity index (χ2v) is 3.44. The predicted octanol–water partition coefficient (Wildman–Crippen LogP) is 1.73. The summed E-state index contributed by atoms with van der Waals surface area (Å²) < 4.78 is 0. The zero-order valence-electron chi connectivity index (χ0n) is 8.08. The fraction of sp³-hybridized carbons (Fsp3) is 0.111. The molecule has 0 aliphatic heterocycles. The average Bonchev–Trinajstić information content (AvgIpc) is 2.31. The van der Waals surface area contributed by atoms with Gasteiger partial charge in [0.05, 0.1) is 6.20 Å². The van der Waals surface area contributed by atoms with Gasteiger partial charge in [-0.05, 0) is 18.4 Å². The van der Waals surface area contributed by atoms with Gasteiger partial charge in [-0.2, -0.15) is 5.10 Å². The topological polar surface area (TPSA) is 63.6 Å². The van der Waals surface area contributed by atoms with Crippen molar-refractivity contribution in [2.24, 2.45) is 0 Å².